The van der Waals surface area contributed by atoms with Gasteiger partial charge < -0.3 is 4.74 Å². The summed E-state index contributed by atoms with van der Waals surface area (Å²) in [6.45, 7) is 5.86. The summed E-state index contributed by atoms with van der Waals surface area (Å²) in [5, 5.41) is 7.73. The number of ether oxygens (including phenoxy) is 1. The third kappa shape index (κ3) is 2.03. The van der Waals surface area contributed by atoms with Gasteiger partial charge in [0.25, 0.3) is 0 Å². The third-order valence-corrected chi connectivity index (χ3v) is 3.31. The van der Waals surface area contributed by atoms with E-state index in [1.807, 2.05) is 6.92 Å². The van der Waals surface area contributed by atoms with Gasteiger partial charge in [-0.05, 0) is 6.92 Å². The van der Waals surface area contributed by atoms with Gasteiger partial charge in [0, 0.05) is 11.2 Å². The Morgan fingerprint density at radius 1 is 1.62 bits per heavy atom. The Bertz CT molecular complexity index is 295. The number of nitrogens with zero attached hydrogens (tertiary/aromatic N) is 2. The van der Waals surface area contributed by atoms with Crippen molar-refractivity contribution in [3.8, 4) is 0 Å². The fourth-order valence-corrected chi connectivity index (χ4v) is 2.12. The molecular weight excluding hydrogens is 186 g/mol. The Kier molecular flexibility index (Phi) is 2.29. The predicted molar refractivity (Wildman–Crippen MR) is 50.8 cm³/mol. The normalized spacial score (nSPS) is 19.8. The van der Waals surface area contributed by atoms with Crippen LogP contribution < -0.4 is 0 Å². The highest BCUT2D eigenvalue weighted by atomic mass is 32.2. The van der Waals surface area contributed by atoms with Gasteiger partial charge in [0.05, 0.1) is 13.2 Å². The maximum absolute atomic E-state index is 5.17. The summed E-state index contributed by atoms with van der Waals surface area (Å²) < 4.78 is 5.17. The number of aromatic nitrogens is 3. The lowest BCUT2D eigenvalue weighted by molar-refractivity contribution is -0.0861. The van der Waals surface area contributed by atoms with E-state index in [1.54, 1.807) is 11.8 Å². The first-order valence-corrected chi connectivity index (χ1v) is 5.26. The Morgan fingerprint density at radius 2 is 2.38 bits per heavy atom. The van der Waals surface area contributed by atoms with Gasteiger partial charge in [0.1, 0.15) is 5.82 Å². The van der Waals surface area contributed by atoms with Crippen LogP contribution in [0.5, 0.6) is 0 Å². The van der Waals surface area contributed by atoms with Crippen LogP contribution >= 0.6 is 11.8 Å². The molecule has 0 aliphatic carbocycles. The van der Waals surface area contributed by atoms with Crippen molar-refractivity contribution in [1.82, 2.24) is 15.2 Å². The van der Waals surface area contributed by atoms with Crippen molar-refractivity contribution in [2.45, 2.75) is 19.0 Å². The van der Waals surface area contributed by atoms with Crippen LogP contribution in [0.1, 0.15) is 12.7 Å². The predicted octanol–water partition coefficient (Wildman–Crippen LogP) is 1.24. The smallest absolute Gasteiger partial charge is 0.208 e. The minimum absolute atomic E-state index is 0.333. The second-order valence-electron chi connectivity index (χ2n) is 3.80. The molecule has 4 nitrogen and oxygen atoms in total. The summed E-state index contributed by atoms with van der Waals surface area (Å²) in [7, 11) is 0. The van der Waals surface area contributed by atoms with E-state index in [2.05, 4.69) is 22.1 Å². The van der Waals surface area contributed by atoms with E-state index < -0.39 is 0 Å². The van der Waals surface area contributed by atoms with E-state index in [4.69, 9.17) is 4.74 Å². The summed E-state index contributed by atoms with van der Waals surface area (Å²) in [5.74, 6) is 1.90. The zero-order valence-corrected chi connectivity index (χ0v) is 8.65. The van der Waals surface area contributed by atoms with E-state index >= 15 is 0 Å². The Labute approximate surface area is 81.5 Å². The maximum Gasteiger partial charge on any atom is 0.208 e. The first kappa shape index (κ1) is 9.02. The molecule has 1 N–H and O–H groups in total. The Hall–Kier alpha value is -0.550. The molecule has 1 aromatic heterocycles. The molecule has 0 bridgehead atoms. The van der Waals surface area contributed by atoms with Crippen LogP contribution in [-0.4, -0.2) is 34.1 Å². The summed E-state index contributed by atoms with van der Waals surface area (Å²) in [4.78, 5) is 4.23. The summed E-state index contributed by atoms with van der Waals surface area (Å²) in [6, 6.07) is 0. The molecule has 0 atom stereocenters. The van der Waals surface area contributed by atoms with Gasteiger partial charge in [-0.1, -0.05) is 18.7 Å². The fourth-order valence-electron chi connectivity index (χ4n) is 1.16. The molecule has 0 spiro atoms. The Morgan fingerprint density at radius 3 is 2.85 bits per heavy atom. The summed E-state index contributed by atoms with van der Waals surface area (Å²) in [6.07, 6.45) is 0. The molecule has 1 fully saturated rings. The lowest BCUT2D eigenvalue weighted by atomic mass is 9.92. The van der Waals surface area contributed by atoms with Crippen LogP contribution in [0.4, 0.5) is 0 Å². The molecular formula is C8H13N3OS. The van der Waals surface area contributed by atoms with E-state index in [1.165, 1.54) is 0 Å². The lowest BCUT2D eigenvalue weighted by Crippen LogP contribution is -2.41. The van der Waals surface area contributed by atoms with Crippen LogP contribution in [0.25, 0.3) is 0 Å². The maximum atomic E-state index is 5.17. The standard InChI is InChI=1S/C8H13N3OS/c1-6-9-7(11-10-6)13-5-8(2)3-12-4-8/h3-5H2,1-2H3,(H,9,10,11). The highest BCUT2D eigenvalue weighted by Crippen LogP contribution is 2.32. The average molecular weight is 199 g/mol. The minimum atomic E-state index is 0.333. The monoisotopic (exact) mass is 199 g/mol. The second kappa shape index (κ2) is 3.31. The second-order valence-corrected chi connectivity index (χ2v) is 4.74. The van der Waals surface area contributed by atoms with E-state index in [0.29, 0.717) is 5.41 Å². The van der Waals surface area contributed by atoms with Gasteiger partial charge in [-0.3, -0.25) is 5.10 Å². The lowest BCUT2D eigenvalue weighted by Gasteiger charge is -2.37. The number of hydrogen-bond acceptors (Lipinski definition) is 4. The molecule has 2 heterocycles. The first-order valence-electron chi connectivity index (χ1n) is 4.28. The molecule has 72 valence electrons. The Balaban J connectivity index is 1.85. The third-order valence-electron chi connectivity index (χ3n) is 2.03. The molecule has 0 aromatic carbocycles. The van der Waals surface area contributed by atoms with Crippen molar-refractivity contribution >= 4 is 11.8 Å². The highest BCUT2D eigenvalue weighted by Gasteiger charge is 2.33. The minimum Gasteiger partial charge on any atom is -0.380 e. The number of aryl methyl sites for hydroxylation is 1. The number of aromatic amines is 1. The number of thioether (sulfide) groups is 1. The van der Waals surface area contributed by atoms with Crippen molar-refractivity contribution in [2.75, 3.05) is 19.0 Å². The first-order chi connectivity index (χ1) is 6.18. The van der Waals surface area contributed by atoms with Gasteiger partial charge in [0.2, 0.25) is 5.16 Å². The van der Waals surface area contributed by atoms with Crippen LogP contribution in [0.15, 0.2) is 5.16 Å². The van der Waals surface area contributed by atoms with Crippen LogP contribution in [-0.2, 0) is 4.74 Å². The van der Waals surface area contributed by atoms with Crippen molar-refractivity contribution in [3.63, 3.8) is 0 Å². The topological polar surface area (TPSA) is 50.8 Å². The molecule has 0 radical (unpaired) electrons. The molecule has 1 aliphatic heterocycles. The molecule has 0 unspecified atom stereocenters. The van der Waals surface area contributed by atoms with Crippen molar-refractivity contribution in [1.29, 1.82) is 0 Å². The van der Waals surface area contributed by atoms with Gasteiger partial charge >= 0.3 is 0 Å². The summed E-state index contributed by atoms with van der Waals surface area (Å²) >= 11 is 1.69. The van der Waals surface area contributed by atoms with Gasteiger partial charge in [0.15, 0.2) is 0 Å². The van der Waals surface area contributed by atoms with Gasteiger partial charge in [-0.2, -0.15) is 0 Å². The molecule has 1 aromatic rings. The zero-order chi connectivity index (χ0) is 9.31. The van der Waals surface area contributed by atoms with Crippen molar-refractivity contribution in [2.24, 2.45) is 5.41 Å². The number of hydrogen-bond donors (Lipinski definition) is 1. The summed E-state index contributed by atoms with van der Waals surface area (Å²) in [5.41, 5.74) is 0.333. The highest BCUT2D eigenvalue weighted by molar-refractivity contribution is 7.99. The quantitative estimate of drug-likeness (QED) is 0.744. The molecule has 2 rings (SSSR count). The number of nitrogens with one attached hydrogen (secondary N) is 1. The van der Waals surface area contributed by atoms with Crippen LogP contribution in [0.3, 0.4) is 0 Å². The van der Waals surface area contributed by atoms with E-state index in [0.717, 1.165) is 29.9 Å². The number of H-pyrrole nitrogens is 1. The van der Waals surface area contributed by atoms with Crippen molar-refractivity contribution < 1.29 is 4.74 Å². The fraction of sp³-hybridized carbons (Fsp3) is 0.750. The van der Waals surface area contributed by atoms with Gasteiger partial charge in [-0.15, -0.1) is 5.10 Å². The molecule has 5 heteroatoms. The van der Waals surface area contributed by atoms with Gasteiger partial charge in [-0.25, -0.2) is 4.98 Å². The zero-order valence-electron chi connectivity index (χ0n) is 7.83. The van der Waals surface area contributed by atoms with E-state index in [-0.39, 0.29) is 0 Å². The molecule has 0 amide bonds. The van der Waals surface area contributed by atoms with Crippen LogP contribution in [0, 0.1) is 12.3 Å². The largest absolute Gasteiger partial charge is 0.380 e. The average Bonchev–Trinajstić information content (AvgIpc) is 2.44. The molecule has 1 aliphatic rings. The molecule has 13 heavy (non-hydrogen) atoms. The number of rotatable bonds is 3. The SMILES string of the molecule is Cc1nc(SCC2(C)COC2)n[nH]1. The van der Waals surface area contributed by atoms with Crippen LogP contribution in [0.2, 0.25) is 0 Å². The molecule has 0 saturated carbocycles. The molecule has 1 saturated heterocycles. The van der Waals surface area contributed by atoms with E-state index in [9.17, 15) is 0 Å². The van der Waals surface area contributed by atoms with Crippen molar-refractivity contribution in [3.05, 3.63) is 5.82 Å².